The number of nitrogens with zero attached hydrogens (tertiary/aromatic N) is 3. The van der Waals surface area contributed by atoms with Gasteiger partial charge >= 0.3 is 5.82 Å². The number of benzene rings is 1. The van der Waals surface area contributed by atoms with Gasteiger partial charge in [0.1, 0.15) is 11.9 Å². The van der Waals surface area contributed by atoms with Gasteiger partial charge in [0.25, 0.3) is 0 Å². The summed E-state index contributed by atoms with van der Waals surface area (Å²) in [5.74, 6) is 0.525. The third kappa shape index (κ3) is 4.54. The first-order valence-corrected chi connectivity index (χ1v) is 6.63. The fourth-order valence-electron chi connectivity index (χ4n) is 1.87. The van der Waals surface area contributed by atoms with Gasteiger partial charge in [-0.15, -0.1) is 0 Å². The second kappa shape index (κ2) is 7.53. The molecule has 1 N–H and O–H groups in total. The van der Waals surface area contributed by atoms with Crippen molar-refractivity contribution < 1.29 is 19.5 Å². The molecule has 0 aliphatic carbocycles. The third-order valence-corrected chi connectivity index (χ3v) is 2.97. The first-order chi connectivity index (χ1) is 10.6. The minimum absolute atomic E-state index is 0.123. The quantitative estimate of drug-likeness (QED) is 0.584. The number of hydrogen-bond donors (Lipinski definition) is 1. The molecule has 0 saturated heterocycles. The average Bonchev–Trinajstić information content (AvgIpc) is 2.96. The molecule has 8 nitrogen and oxygen atoms in total. The summed E-state index contributed by atoms with van der Waals surface area (Å²) < 4.78 is 11.9. The molecule has 118 valence electrons. The second-order valence-electron chi connectivity index (χ2n) is 4.70. The van der Waals surface area contributed by atoms with Crippen molar-refractivity contribution in [2.75, 3.05) is 13.7 Å². The number of imidazole rings is 1. The Hall–Kier alpha value is -2.45. The second-order valence-corrected chi connectivity index (χ2v) is 4.70. The largest absolute Gasteiger partial charge is 0.497 e. The normalized spacial score (nSPS) is 12.1. The number of ether oxygens (including phenoxy) is 2. The number of hydrogen-bond acceptors (Lipinski definition) is 6. The summed E-state index contributed by atoms with van der Waals surface area (Å²) in [5.41, 5.74) is 0.964. The predicted molar refractivity (Wildman–Crippen MR) is 77.5 cm³/mol. The molecule has 2 aromatic rings. The number of rotatable bonds is 8. The van der Waals surface area contributed by atoms with E-state index in [1.807, 2.05) is 24.3 Å². The van der Waals surface area contributed by atoms with Crippen LogP contribution in [0.15, 0.2) is 36.8 Å². The molecular formula is C14H17N3O5. The van der Waals surface area contributed by atoms with Crippen molar-refractivity contribution in [1.29, 1.82) is 0 Å². The van der Waals surface area contributed by atoms with E-state index in [0.29, 0.717) is 6.61 Å². The summed E-state index contributed by atoms with van der Waals surface area (Å²) >= 11 is 0. The molecule has 0 spiro atoms. The van der Waals surface area contributed by atoms with Crippen LogP contribution in [0.3, 0.4) is 0 Å². The zero-order valence-corrected chi connectivity index (χ0v) is 12.1. The summed E-state index contributed by atoms with van der Waals surface area (Å²) in [4.78, 5) is 13.5. The van der Waals surface area contributed by atoms with Crippen molar-refractivity contribution in [3.63, 3.8) is 0 Å². The van der Waals surface area contributed by atoms with Gasteiger partial charge in [0.2, 0.25) is 6.33 Å². The van der Waals surface area contributed by atoms with Gasteiger partial charge in [-0.1, -0.05) is 12.1 Å². The first-order valence-electron chi connectivity index (χ1n) is 6.63. The van der Waals surface area contributed by atoms with E-state index in [9.17, 15) is 15.2 Å². The van der Waals surface area contributed by atoms with E-state index in [2.05, 4.69) is 4.98 Å². The van der Waals surface area contributed by atoms with Crippen LogP contribution in [0.2, 0.25) is 0 Å². The molecule has 8 heteroatoms. The Kier molecular flexibility index (Phi) is 5.45. The third-order valence-electron chi connectivity index (χ3n) is 2.97. The van der Waals surface area contributed by atoms with Crippen LogP contribution in [0.4, 0.5) is 5.82 Å². The monoisotopic (exact) mass is 307 g/mol. The van der Waals surface area contributed by atoms with Crippen molar-refractivity contribution in [2.45, 2.75) is 19.3 Å². The molecule has 0 aliphatic rings. The highest BCUT2D eigenvalue weighted by Gasteiger charge is 2.12. The summed E-state index contributed by atoms with van der Waals surface area (Å²) in [6.45, 7) is 0.673. The molecule has 0 saturated carbocycles. The lowest BCUT2D eigenvalue weighted by Crippen LogP contribution is -2.21. The van der Waals surface area contributed by atoms with Crippen LogP contribution in [-0.2, 0) is 17.9 Å². The fourth-order valence-corrected chi connectivity index (χ4v) is 1.87. The van der Waals surface area contributed by atoms with Gasteiger partial charge < -0.3 is 29.3 Å². The van der Waals surface area contributed by atoms with Gasteiger partial charge in [-0.25, -0.2) is 0 Å². The Bertz CT molecular complexity index is 611. The number of aromatic nitrogens is 2. The number of aliphatic hydroxyl groups is 1. The van der Waals surface area contributed by atoms with Gasteiger partial charge in [-0.3, -0.25) is 0 Å². The molecule has 2 rings (SSSR count). The number of nitro groups is 1. The summed E-state index contributed by atoms with van der Waals surface area (Å²) in [5, 5.41) is 20.4. The van der Waals surface area contributed by atoms with E-state index in [4.69, 9.17) is 9.47 Å². The fraction of sp³-hybridized carbons (Fsp3) is 0.357. The van der Waals surface area contributed by atoms with E-state index >= 15 is 0 Å². The SMILES string of the molecule is COc1ccc(COCC(O)Cn2cnc([N+](=O)[O-])c2)cc1. The maximum absolute atomic E-state index is 10.5. The first kappa shape index (κ1) is 15.9. The van der Waals surface area contributed by atoms with Gasteiger partial charge in [0.15, 0.2) is 0 Å². The van der Waals surface area contributed by atoms with E-state index in [1.54, 1.807) is 7.11 Å². The van der Waals surface area contributed by atoms with Crippen LogP contribution < -0.4 is 4.74 Å². The highest BCUT2D eigenvalue weighted by atomic mass is 16.6. The van der Waals surface area contributed by atoms with E-state index < -0.39 is 11.0 Å². The molecule has 0 bridgehead atoms. The molecule has 0 aliphatic heterocycles. The molecule has 1 aromatic heterocycles. The van der Waals surface area contributed by atoms with Crippen LogP contribution in [0.25, 0.3) is 0 Å². The zero-order chi connectivity index (χ0) is 15.9. The standard InChI is InChI=1S/C14H17N3O5/c1-21-13-4-2-11(3-5-13)8-22-9-12(18)6-16-7-14(15-10-16)17(19)20/h2-5,7,10,12,18H,6,8-9H2,1H3. The molecular weight excluding hydrogens is 290 g/mol. The minimum Gasteiger partial charge on any atom is -0.497 e. The van der Waals surface area contributed by atoms with Crippen molar-refractivity contribution in [1.82, 2.24) is 9.55 Å². The lowest BCUT2D eigenvalue weighted by Gasteiger charge is -2.11. The Morgan fingerprint density at radius 2 is 2.14 bits per heavy atom. The molecule has 0 fully saturated rings. The van der Waals surface area contributed by atoms with Gasteiger partial charge in [-0.2, -0.15) is 0 Å². The summed E-state index contributed by atoms with van der Waals surface area (Å²) in [6, 6.07) is 7.42. The van der Waals surface area contributed by atoms with Crippen molar-refractivity contribution in [3.8, 4) is 5.75 Å². The van der Waals surface area contributed by atoms with E-state index in [0.717, 1.165) is 11.3 Å². The van der Waals surface area contributed by atoms with Crippen LogP contribution in [0.5, 0.6) is 5.75 Å². The van der Waals surface area contributed by atoms with Gasteiger partial charge in [0.05, 0.1) is 33.0 Å². The lowest BCUT2D eigenvalue weighted by molar-refractivity contribution is -0.389. The lowest BCUT2D eigenvalue weighted by atomic mass is 10.2. The minimum atomic E-state index is -0.771. The van der Waals surface area contributed by atoms with Crippen molar-refractivity contribution >= 4 is 5.82 Å². The van der Waals surface area contributed by atoms with Crippen LogP contribution in [-0.4, -0.2) is 39.4 Å². The molecule has 1 heterocycles. The maximum atomic E-state index is 10.5. The molecule has 1 aromatic carbocycles. The summed E-state index contributed by atoms with van der Waals surface area (Å²) in [6.07, 6.45) is 1.81. The molecule has 0 radical (unpaired) electrons. The highest BCUT2D eigenvalue weighted by molar-refractivity contribution is 5.26. The van der Waals surface area contributed by atoms with Crippen LogP contribution in [0, 0.1) is 10.1 Å². The molecule has 1 unspecified atom stereocenters. The predicted octanol–water partition coefficient (Wildman–Crippen LogP) is 1.38. The zero-order valence-electron chi connectivity index (χ0n) is 12.1. The average molecular weight is 307 g/mol. The molecule has 22 heavy (non-hydrogen) atoms. The van der Waals surface area contributed by atoms with Gasteiger partial charge in [0, 0.05) is 0 Å². The summed E-state index contributed by atoms with van der Waals surface area (Å²) in [7, 11) is 1.60. The van der Waals surface area contributed by atoms with Crippen LogP contribution in [0.1, 0.15) is 5.56 Å². The highest BCUT2D eigenvalue weighted by Crippen LogP contribution is 2.12. The topological polar surface area (TPSA) is 99.7 Å². The Balaban J connectivity index is 1.74. The number of methoxy groups -OCH3 is 1. The molecule has 1 atom stereocenters. The van der Waals surface area contributed by atoms with Crippen molar-refractivity contribution in [2.24, 2.45) is 0 Å². The van der Waals surface area contributed by atoms with Crippen molar-refractivity contribution in [3.05, 3.63) is 52.5 Å². The Morgan fingerprint density at radius 1 is 1.41 bits per heavy atom. The smallest absolute Gasteiger partial charge is 0.381 e. The Labute approximate surface area is 127 Å². The molecule has 0 amide bonds. The van der Waals surface area contributed by atoms with E-state index in [1.165, 1.54) is 17.1 Å². The van der Waals surface area contributed by atoms with E-state index in [-0.39, 0.29) is 19.0 Å². The number of aliphatic hydroxyl groups excluding tert-OH is 1. The maximum Gasteiger partial charge on any atom is 0.381 e. The van der Waals surface area contributed by atoms with Crippen LogP contribution >= 0.6 is 0 Å². The Morgan fingerprint density at radius 3 is 2.73 bits per heavy atom. The van der Waals surface area contributed by atoms with Gasteiger partial charge in [-0.05, 0) is 27.6 Å².